The van der Waals surface area contributed by atoms with E-state index in [-0.39, 0.29) is 15.9 Å². The Bertz CT molecular complexity index is 1250. The molecular weight excluding hydrogens is 455 g/mol. The molecule has 0 aliphatic heterocycles. The Hall–Kier alpha value is -3.01. The topological polar surface area (TPSA) is 75.3 Å². The van der Waals surface area contributed by atoms with Gasteiger partial charge in [0.1, 0.15) is 10.0 Å². The Balaban J connectivity index is 1.51. The van der Waals surface area contributed by atoms with Crippen LogP contribution in [0.4, 0.5) is 10.1 Å². The summed E-state index contributed by atoms with van der Waals surface area (Å²) in [7, 11) is -3.65. The fourth-order valence-corrected chi connectivity index (χ4v) is 5.81. The average molecular weight is 473 g/mol. The summed E-state index contributed by atoms with van der Waals surface area (Å²) in [5, 5.41) is 6.57. The minimum Gasteiger partial charge on any atom is -0.340 e. The highest BCUT2D eigenvalue weighted by Gasteiger charge is 2.20. The van der Waals surface area contributed by atoms with Gasteiger partial charge in [-0.15, -0.1) is 22.7 Å². The summed E-state index contributed by atoms with van der Waals surface area (Å²) in [5.74, 6) is -0.670. The number of nitrogens with one attached hydrogen (secondary N) is 2. The molecular formula is C22H17FN2O3S3. The van der Waals surface area contributed by atoms with Crippen LogP contribution in [0, 0.1) is 5.82 Å². The van der Waals surface area contributed by atoms with Gasteiger partial charge in [-0.05, 0) is 64.9 Å². The number of halogens is 1. The molecule has 158 valence electrons. The molecule has 0 aliphatic carbocycles. The van der Waals surface area contributed by atoms with Gasteiger partial charge in [0, 0.05) is 16.1 Å². The van der Waals surface area contributed by atoms with E-state index in [0.29, 0.717) is 11.3 Å². The van der Waals surface area contributed by atoms with Crippen molar-refractivity contribution < 1.29 is 17.6 Å². The van der Waals surface area contributed by atoms with Crippen LogP contribution in [0.2, 0.25) is 0 Å². The molecule has 2 aromatic carbocycles. The minimum absolute atomic E-state index is 0.215. The van der Waals surface area contributed by atoms with E-state index in [2.05, 4.69) is 10.0 Å². The number of rotatable bonds is 7. The fourth-order valence-electron chi connectivity index (χ4n) is 2.96. The van der Waals surface area contributed by atoms with E-state index in [1.165, 1.54) is 41.7 Å². The molecule has 2 aromatic heterocycles. The fraction of sp³-hybridized carbons (Fsp3) is 0.0455. The zero-order chi connectivity index (χ0) is 21.8. The molecule has 1 amide bonds. The van der Waals surface area contributed by atoms with E-state index >= 15 is 0 Å². The monoisotopic (exact) mass is 472 g/mol. The maximum Gasteiger partial charge on any atom is 0.271 e. The van der Waals surface area contributed by atoms with Crippen molar-refractivity contribution in [1.29, 1.82) is 0 Å². The van der Waals surface area contributed by atoms with Crippen LogP contribution >= 0.6 is 22.7 Å². The molecule has 1 atom stereocenters. The van der Waals surface area contributed by atoms with E-state index < -0.39 is 16.1 Å². The van der Waals surface area contributed by atoms with Crippen molar-refractivity contribution in [2.45, 2.75) is 10.3 Å². The first-order chi connectivity index (χ1) is 14.9. The van der Waals surface area contributed by atoms with Crippen LogP contribution in [0.25, 0.3) is 0 Å². The van der Waals surface area contributed by atoms with Gasteiger partial charge in [-0.1, -0.05) is 24.3 Å². The number of hydrogen-bond donors (Lipinski definition) is 2. The molecule has 0 saturated heterocycles. The zero-order valence-corrected chi connectivity index (χ0v) is 18.4. The summed E-state index contributed by atoms with van der Waals surface area (Å²) in [6.07, 6.45) is 0. The van der Waals surface area contributed by atoms with Gasteiger partial charge in [-0.25, -0.2) is 12.8 Å². The van der Waals surface area contributed by atoms with E-state index in [0.717, 1.165) is 21.8 Å². The minimum atomic E-state index is -3.65. The van der Waals surface area contributed by atoms with Crippen LogP contribution in [-0.2, 0) is 10.0 Å². The number of anilines is 1. The van der Waals surface area contributed by atoms with Crippen molar-refractivity contribution in [2.75, 3.05) is 4.72 Å². The molecule has 0 fully saturated rings. The first-order valence-electron chi connectivity index (χ1n) is 9.18. The van der Waals surface area contributed by atoms with Crippen LogP contribution in [-0.4, -0.2) is 14.3 Å². The van der Waals surface area contributed by atoms with E-state index in [1.807, 2.05) is 17.5 Å². The molecule has 4 aromatic rings. The normalized spacial score (nSPS) is 12.3. The van der Waals surface area contributed by atoms with Gasteiger partial charge >= 0.3 is 0 Å². The Labute approximate surface area is 187 Å². The van der Waals surface area contributed by atoms with Crippen molar-refractivity contribution in [3.8, 4) is 0 Å². The lowest BCUT2D eigenvalue weighted by molar-refractivity contribution is 0.0943. The summed E-state index contributed by atoms with van der Waals surface area (Å²) >= 11 is 2.61. The average Bonchev–Trinajstić information content (AvgIpc) is 3.47. The number of thiophene rings is 2. The lowest BCUT2D eigenvalue weighted by atomic mass is 10.0. The van der Waals surface area contributed by atoms with Crippen molar-refractivity contribution in [2.24, 2.45) is 0 Å². The molecule has 2 heterocycles. The molecule has 1 unspecified atom stereocenters. The highest BCUT2D eigenvalue weighted by Crippen LogP contribution is 2.27. The second-order valence-corrected chi connectivity index (χ2v) is 10.4. The third kappa shape index (κ3) is 5.01. The molecule has 0 saturated carbocycles. The number of sulfonamides is 1. The summed E-state index contributed by atoms with van der Waals surface area (Å²) in [5.41, 5.74) is 1.50. The first kappa shape index (κ1) is 21.2. The largest absolute Gasteiger partial charge is 0.340 e. The maximum absolute atomic E-state index is 13.3. The molecule has 4 rings (SSSR count). The van der Waals surface area contributed by atoms with Gasteiger partial charge in [0.05, 0.1) is 6.04 Å². The molecule has 0 aliphatic rings. The predicted octanol–water partition coefficient (Wildman–Crippen LogP) is 5.27. The highest BCUT2D eigenvalue weighted by atomic mass is 32.2. The van der Waals surface area contributed by atoms with E-state index in [1.54, 1.807) is 35.7 Å². The number of benzene rings is 2. The molecule has 5 nitrogen and oxygen atoms in total. The first-order valence-corrected chi connectivity index (χ1v) is 12.4. The molecule has 0 spiro atoms. The zero-order valence-electron chi connectivity index (χ0n) is 16.0. The van der Waals surface area contributed by atoms with Crippen LogP contribution in [0.15, 0.2) is 87.8 Å². The van der Waals surface area contributed by atoms with Gasteiger partial charge in [0.2, 0.25) is 0 Å². The van der Waals surface area contributed by atoms with Crippen LogP contribution in [0.1, 0.15) is 26.8 Å². The molecule has 31 heavy (non-hydrogen) atoms. The van der Waals surface area contributed by atoms with Gasteiger partial charge < -0.3 is 5.32 Å². The summed E-state index contributed by atoms with van der Waals surface area (Å²) in [4.78, 5) is 13.8. The Morgan fingerprint density at radius 2 is 1.55 bits per heavy atom. The van der Waals surface area contributed by atoms with Crippen molar-refractivity contribution in [3.63, 3.8) is 0 Å². The molecule has 0 radical (unpaired) electrons. The van der Waals surface area contributed by atoms with Gasteiger partial charge in [-0.2, -0.15) is 0 Å². The second kappa shape index (κ2) is 9.01. The van der Waals surface area contributed by atoms with Crippen LogP contribution < -0.4 is 10.0 Å². The SMILES string of the molecule is O=C(NC(c1ccc(F)cc1)c1cccs1)c1ccc(NS(=O)(=O)c2cccs2)cc1. The van der Waals surface area contributed by atoms with E-state index in [9.17, 15) is 17.6 Å². The number of amides is 1. The van der Waals surface area contributed by atoms with Crippen LogP contribution in [0.5, 0.6) is 0 Å². The van der Waals surface area contributed by atoms with Gasteiger partial charge in [0.25, 0.3) is 15.9 Å². The summed E-state index contributed by atoms with van der Waals surface area (Å²) in [6.45, 7) is 0. The predicted molar refractivity (Wildman–Crippen MR) is 122 cm³/mol. The summed E-state index contributed by atoms with van der Waals surface area (Å²) < 4.78 is 40.7. The van der Waals surface area contributed by atoms with Crippen molar-refractivity contribution in [1.82, 2.24) is 5.32 Å². The molecule has 2 N–H and O–H groups in total. The lowest BCUT2D eigenvalue weighted by Gasteiger charge is -2.18. The van der Waals surface area contributed by atoms with E-state index in [4.69, 9.17) is 0 Å². The standard InChI is InChI=1S/C22H17FN2O3S3/c23-17-9-5-15(6-10-17)21(19-3-1-13-29-19)24-22(26)16-7-11-18(12-8-16)25-31(27,28)20-4-2-14-30-20/h1-14,21,25H,(H,24,26). The third-order valence-corrected chi connectivity index (χ3v) is 8.18. The number of carbonyl (C=O) groups excluding carboxylic acids is 1. The number of hydrogen-bond acceptors (Lipinski definition) is 5. The van der Waals surface area contributed by atoms with Crippen molar-refractivity contribution >= 4 is 44.3 Å². The third-order valence-electron chi connectivity index (χ3n) is 4.47. The molecule has 0 bridgehead atoms. The van der Waals surface area contributed by atoms with Crippen molar-refractivity contribution in [3.05, 3.63) is 105 Å². The Morgan fingerprint density at radius 1 is 0.871 bits per heavy atom. The summed E-state index contributed by atoms with van der Waals surface area (Å²) in [6, 6.07) is 18.7. The van der Waals surface area contributed by atoms with Crippen LogP contribution in [0.3, 0.4) is 0 Å². The molecule has 9 heteroatoms. The smallest absolute Gasteiger partial charge is 0.271 e. The lowest BCUT2D eigenvalue weighted by Crippen LogP contribution is -2.28. The number of carbonyl (C=O) groups is 1. The highest BCUT2D eigenvalue weighted by molar-refractivity contribution is 7.94. The van der Waals surface area contributed by atoms with Gasteiger partial charge in [0.15, 0.2) is 0 Å². The Kier molecular flexibility index (Phi) is 6.17. The second-order valence-electron chi connectivity index (χ2n) is 6.59. The van der Waals surface area contributed by atoms with Gasteiger partial charge in [-0.3, -0.25) is 9.52 Å². The Morgan fingerprint density at radius 3 is 2.16 bits per heavy atom. The quantitative estimate of drug-likeness (QED) is 0.385. The maximum atomic E-state index is 13.3.